The molecule has 0 aliphatic carbocycles. The molecule has 308 valence electrons. The number of carbonyl (C=O) groups is 2. The Balaban J connectivity index is 0.000000141. The van der Waals surface area contributed by atoms with Gasteiger partial charge in [0, 0.05) is 40.3 Å². The third kappa shape index (κ3) is 9.29. The fraction of sp³-hybridized carbons (Fsp3) is 0.200. The number of benzene rings is 6. The van der Waals surface area contributed by atoms with Crippen molar-refractivity contribution in [3.05, 3.63) is 183 Å². The molecule has 6 aromatic carbocycles. The molecular formula is C50H40BBrN2O8. The van der Waals surface area contributed by atoms with Gasteiger partial charge < -0.3 is 29.0 Å². The number of ether oxygens (including phenoxy) is 4. The second-order valence-corrected chi connectivity index (χ2v) is 16.1. The number of para-hydroxylation sites is 2. The molecule has 0 fully saturated rings. The van der Waals surface area contributed by atoms with Crippen LogP contribution in [0, 0.1) is 13.1 Å². The Hall–Kier alpha value is -6.70. The summed E-state index contributed by atoms with van der Waals surface area (Å²) in [4.78, 5) is 32.1. The Morgan fingerprint density at radius 2 is 1.10 bits per heavy atom. The largest absolute Gasteiger partial charge is 0.493 e. The molecule has 0 bridgehead atoms. The summed E-state index contributed by atoms with van der Waals surface area (Å²) in [6.07, 6.45) is 2.19. The summed E-state index contributed by atoms with van der Waals surface area (Å²) in [6, 6.07) is 40.9. The molecule has 4 unspecified atom stereocenters. The fourth-order valence-electron chi connectivity index (χ4n) is 8.28. The summed E-state index contributed by atoms with van der Waals surface area (Å²) in [6.45, 7) is 15.1. The van der Waals surface area contributed by atoms with Crippen molar-refractivity contribution in [2.45, 2.75) is 49.7 Å². The summed E-state index contributed by atoms with van der Waals surface area (Å²) in [5.41, 5.74) is 6.88. The molecule has 4 heterocycles. The van der Waals surface area contributed by atoms with Gasteiger partial charge in [0.25, 0.3) is 0 Å². The number of carbonyl (C=O) groups excluding carboxylic acids is 2. The number of nitrogens with zero attached hydrogens (tertiary/aromatic N) is 2. The van der Waals surface area contributed by atoms with E-state index in [4.69, 9.17) is 42.1 Å². The average Bonchev–Trinajstić information content (AvgIpc) is 3.31. The molecule has 0 spiro atoms. The predicted molar refractivity (Wildman–Crippen MR) is 240 cm³/mol. The van der Waals surface area contributed by atoms with Crippen LogP contribution in [-0.4, -0.2) is 54.2 Å². The lowest BCUT2D eigenvalue weighted by Gasteiger charge is -2.35. The van der Waals surface area contributed by atoms with Crippen LogP contribution >= 0.6 is 15.9 Å². The van der Waals surface area contributed by atoms with Crippen LogP contribution in [0.25, 0.3) is 20.8 Å². The third-order valence-corrected chi connectivity index (χ3v) is 11.9. The number of Topliss-reactive ketones (excluding diaryl/α,β-unsaturated/α-hetero) is 2. The van der Waals surface area contributed by atoms with Gasteiger partial charge in [0.2, 0.25) is 0 Å². The van der Waals surface area contributed by atoms with E-state index in [1.54, 1.807) is 18.2 Å². The maximum atomic E-state index is 13.0. The SMILES string of the molecule is O=C1CC(C2CCOc3ccccc32)Oc2ccc(Br)cc21.[C-]#[N+]c1ccc(B(O)O)cc1.[C-]#[N+]c1cccc(-c2ccc3c(c2)C(=O)CC(C2CCOc4ccccc42)O3)c1. The summed E-state index contributed by atoms with van der Waals surface area (Å²) in [5, 5.41) is 17.3. The van der Waals surface area contributed by atoms with E-state index in [1.165, 1.54) is 12.1 Å². The molecule has 12 heteroatoms. The third-order valence-electron chi connectivity index (χ3n) is 11.4. The van der Waals surface area contributed by atoms with Gasteiger partial charge in [0.1, 0.15) is 35.2 Å². The van der Waals surface area contributed by atoms with Crippen molar-refractivity contribution in [1.82, 2.24) is 0 Å². The molecule has 0 saturated carbocycles. The van der Waals surface area contributed by atoms with Crippen molar-refractivity contribution >= 4 is 51.5 Å². The van der Waals surface area contributed by atoms with Crippen molar-refractivity contribution < 1.29 is 38.6 Å². The van der Waals surface area contributed by atoms with Crippen molar-refractivity contribution in [1.29, 1.82) is 0 Å². The lowest BCUT2D eigenvalue weighted by molar-refractivity contribution is 0.0757. The topological polar surface area (TPSA) is 120 Å². The van der Waals surface area contributed by atoms with Gasteiger partial charge >= 0.3 is 7.12 Å². The highest BCUT2D eigenvalue weighted by molar-refractivity contribution is 9.10. The zero-order valence-electron chi connectivity index (χ0n) is 33.4. The maximum Gasteiger partial charge on any atom is 0.488 e. The first kappa shape index (κ1) is 42.0. The summed E-state index contributed by atoms with van der Waals surface area (Å²) in [5.74, 6) is 3.73. The Morgan fingerprint density at radius 3 is 1.66 bits per heavy atom. The number of hydrogen-bond donors (Lipinski definition) is 2. The van der Waals surface area contributed by atoms with Crippen LogP contribution in [0.5, 0.6) is 23.0 Å². The number of ketones is 2. The highest BCUT2D eigenvalue weighted by Crippen LogP contribution is 2.43. The van der Waals surface area contributed by atoms with Crippen LogP contribution in [0.1, 0.15) is 69.4 Å². The molecule has 4 aliphatic heterocycles. The molecular weight excluding hydrogens is 847 g/mol. The zero-order chi connectivity index (χ0) is 43.2. The fourth-order valence-corrected chi connectivity index (χ4v) is 8.65. The van der Waals surface area contributed by atoms with Crippen LogP contribution in [0.3, 0.4) is 0 Å². The summed E-state index contributed by atoms with van der Waals surface area (Å²) < 4.78 is 24.8. The lowest BCUT2D eigenvalue weighted by atomic mass is 9.80. The van der Waals surface area contributed by atoms with E-state index in [1.807, 2.05) is 91.0 Å². The number of hydrogen-bond acceptors (Lipinski definition) is 8. The van der Waals surface area contributed by atoms with Crippen LogP contribution < -0.4 is 24.4 Å². The smallest absolute Gasteiger partial charge is 0.488 e. The molecule has 6 aromatic rings. The molecule has 0 amide bonds. The standard InChI is InChI=1S/C25H19NO3.C18H15BrO3.C7H6BNO2/c1-26-18-6-4-5-16(13-18)17-9-10-24-21(14-17)22(27)15-25(29-24)20-11-12-28-23-8-3-2-7-19(20)23;19-11-5-6-17-14(9-11)15(20)10-18(22-17)13-7-8-21-16-4-2-1-3-12(13)16;1-9-7-4-2-6(3-5-7)8(10)11/h2-10,13-14,20,25H,11-12,15H2;1-6,9,13,18H,7-8,10H2;2-5,10-11H. The Labute approximate surface area is 368 Å². The van der Waals surface area contributed by atoms with Crippen LogP contribution in [-0.2, 0) is 0 Å². The molecule has 2 N–H and O–H groups in total. The molecule has 0 aromatic heterocycles. The number of halogens is 1. The van der Waals surface area contributed by atoms with Gasteiger partial charge in [-0.15, -0.1) is 0 Å². The summed E-state index contributed by atoms with van der Waals surface area (Å²) >= 11 is 3.41. The van der Waals surface area contributed by atoms with Crippen molar-refractivity contribution in [3.8, 4) is 34.1 Å². The first-order valence-electron chi connectivity index (χ1n) is 20.3. The first-order valence-corrected chi connectivity index (χ1v) is 21.1. The van der Waals surface area contributed by atoms with E-state index < -0.39 is 7.12 Å². The normalized spacial score (nSPS) is 19.0. The van der Waals surface area contributed by atoms with Crippen molar-refractivity contribution in [2.75, 3.05) is 13.2 Å². The Kier molecular flexibility index (Phi) is 12.8. The van der Waals surface area contributed by atoms with Crippen LogP contribution in [0.2, 0.25) is 0 Å². The molecule has 10 nitrogen and oxygen atoms in total. The van der Waals surface area contributed by atoms with Gasteiger partial charge in [0.15, 0.2) is 22.9 Å². The van der Waals surface area contributed by atoms with E-state index in [0.717, 1.165) is 51.1 Å². The highest BCUT2D eigenvalue weighted by Gasteiger charge is 2.37. The molecule has 0 saturated heterocycles. The van der Waals surface area contributed by atoms with Gasteiger partial charge in [-0.05, 0) is 78.0 Å². The van der Waals surface area contributed by atoms with E-state index >= 15 is 0 Å². The maximum absolute atomic E-state index is 13.0. The second kappa shape index (κ2) is 18.9. The average molecular weight is 888 g/mol. The molecule has 10 rings (SSSR count). The molecule has 0 radical (unpaired) electrons. The van der Waals surface area contributed by atoms with E-state index in [-0.39, 0.29) is 35.6 Å². The van der Waals surface area contributed by atoms with E-state index in [9.17, 15) is 9.59 Å². The van der Waals surface area contributed by atoms with Gasteiger partial charge in [-0.1, -0.05) is 101 Å². The molecule has 62 heavy (non-hydrogen) atoms. The highest BCUT2D eigenvalue weighted by atomic mass is 79.9. The van der Waals surface area contributed by atoms with Crippen LogP contribution in [0.15, 0.2) is 138 Å². The Morgan fingerprint density at radius 1 is 0.565 bits per heavy atom. The first-order chi connectivity index (χ1) is 30.2. The monoisotopic (exact) mass is 886 g/mol. The minimum absolute atomic E-state index is 0.100. The Bertz CT molecular complexity index is 2710. The predicted octanol–water partition coefficient (Wildman–Crippen LogP) is 10.1. The molecule has 4 aliphatic rings. The van der Waals surface area contributed by atoms with Crippen LogP contribution in [0.4, 0.5) is 11.4 Å². The number of fused-ring (bicyclic) bond motifs is 4. The number of rotatable bonds is 4. The molecule has 4 atom stereocenters. The summed E-state index contributed by atoms with van der Waals surface area (Å²) in [7, 11) is -1.45. The van der Waals surface area contributed by atoms with Gasteiger partial charge in [-0.3, -0.25) is 9.59 Å². The second-order valence-electron chi connectivity index (χ2n) is 15.2. The van der Waals surface area contributed by atoms with E-state index in [0.29, 0.717) is 65.5 Å². The minimum Gasteiger partial charge on any atom is -0.493 e. The quantitative estimate of drug-likeness (QED) is 0.133. The lowest BCUT2D eigenvalue weighted by Crippen LogP contribution is -2.35. The van der Waals surface area contributed by atoms with Gasteiger partial charge in [-0.25, -0.2) is 9.69 Å². The zero-order valence-corrected chi connectivity index (χ0v) is 35.0. The van der Waals surface area contributed by atoms with E-state index in [2.05, 4.69) is 37.8 Å². The van der Waals surface area contributed by atoms with Gasteiger partial charge in [-0.2, -0.15) is 0 Å². The van der Waals surface area contributed by atoms with Gasteiger partial charge in [0.05, 0.1) is 37.5 Å². The van der Waals surface area contributed by atoms with Crippen molar-refractivity contribution in [2.24, 2.45) is 0 Å². The minimum atomic E-state index is -1.45. The van der Waals surface area contributed by atoms with Crippen molar-refractivity contribution in [3.63, 3.8) is 0 Å².